The van der Waals surface area contributed by atoms with Crippen LogP contribution in [-0.2, 0) is 0 Å². The normalized spacial score (nSPS) is 30.9. The van der Waals surface area contributed by atoms with Gasteiger partial charge in [0.15, 0.2) is 0 Å². The Balaban J connectivity index is 1.53. The van der Waals surface area contributed by atoms with Gasteiger partial charge in [0, 0.05) is 24.1 Å². The zero-order valence-corrected chi connectivity index (χ0v) is 16.7. The molecule has 4 heterocycles. The third-order valence-electron chi connectivity index (χ3n) is 7.04. The van der Waals surface area contributed by atoms with Crippen LogP contribution in [0.15, 0.2) is 48.5 Å². The van der Waals surface area contributed by atoms with E-state index in [1.54, 1.807) is 7.11 Å². The van der Waals surface area contributed by atoms with Crippen molar-refractivity contribution in [2.24, 2.45) is 5.92 Å². The lowest BCUT2D eigenvalue weighted by Crippen LogP contribution is -2.60. The number of ether oxygens (including phenoxy) is 1. The Morgan fingerprint density at radius 1 is 1.04 bits per heavy atom. The fourth-order valence-electron chi connectivity index (χ4n) is 5.76. The Kier molecular flexibility index (Phi) is 4.39. The van der Waals surface area contributed by atoms with Crippen molar-refractivity contribution in [2.75, 3.05) is 26.7 Å². The number of methoxy groups -OCH3 is 1. The van der Waals surface area contributed by atoms with Crippen LogP contribution in [0.4, 0.5) is 0 Å². The van der Waals surface area contributed by atoms with Crippen LogP contribution in [0.3, 0.4) is 0 Å². The summed E-state index contributed by atoms with van der Waals surface area (Å²) in [4.78, 5) is 18.3. The van der Waals surface area contributed by atoms with E-state index in [-0.39, 0.29) is 5.91 Å². The minimum absolute atomic E-state index is 0.192. The molecular weight excluding hydrogens is 348 g/mol. The summed E-state index contributed by atoms with van der Waals surface area (Å²) in [5, 5.41) is 0. The summed E-state index contributed by atoms with van der Waals surface area (Å²) in [6, 6.07) is 17.2. The summed E-state index contributed by atoms with van der Waals surface area (Å²) >= 11 is 0. The SMILES string of the molecule is COc1cccc([C@H]2CN(C(=O)c3cccc(C)c3)[C@@H]3C4CCN(CC4)[C@H]23)c1. The van der Waals surface area contributed by atoms with Crippen LogP contribution in [0.5, 0.6) is 5.75 Å². The molecular formula is C24H28N2O2. The van der Waals surface area contributed by atoms with E-state index >= 15 is 0 Å². The number of carbonyl (C=O) groups is 1. The Morgan fingerprint density at radius 2 is 1.82 bits per heavy atom. The highest BCUT2D eigenvalue weighted by Gasteiger charge is 2.54. The molecule has 3 atom stereocenters. The van der Waals surface area contributed by atoms with Gasteiger partial charge in [-0.3, -0.25) is 9.69 Å². The first-order valence-electron chi connectivity index (χ1n) is 10.4. The minimum Gasteiger partial charge on any atom is -0.497 e. The van der Waals surface area contributed by atoms with Crippen molar-refractivity contribution in [3.8, 4) is 5.75 Å². The molecule has 0 aromatic heterocycles. The third-order valence-corrected chi connectivity index (χ3v) is 7.04. The highest BCUT2D eigenvalue weighted by molar-refractivity contribution is 5.95. The van der Waals surface area contributed by atoms with Gasteiger partial charge in [0.2, 0.25) is 0 Å². The lowest BCUT2D eigenvalue weighted by molar-refractivity contribution is -0.00341. The van der Waals surface area contributed by atoms with Crippen LogP contribution < -0.4 is 4.74 Å². The molecule has 1 amide bonds. The number of hydrogen-bond donors (Lipinski definition) is 0. The van der Waals surface area contributed by atoms with E-state index in [1.165, 1.54) is 31.5 Å². The number of piperidine rings is 3. The smallest absolute Gasteiger partial charge is 0.254 e. The molecule has 28 heavy (non-hydrogen) atoms. The van der Waals surface area contributed by atoms with E-state index in [1.807, 2.05) is 24.3 Å². The molecule has 6 rings (SSSR count). The van der Waals surface area contributed by atoms with E-state index in [0.29, 0.717) is 23.9 Å². The zero-order chi connectivity index (χ0) is 19.3. The minimum atomic E-state index is 0.192. The quantitative estimate of drug-likeness (QED) is 0.819. The van der Waals surface area contributed by atoms with Crippen LogP contribution in [-0.4, -0.2) is 54.5 Å². The van der Waals surface area contributed by atoms with Crippen molar-refractivity contribution in [1.29, 1.82) is 0 Å². The number of nitrogens with zero attached hydrogens (tertiary/aromatic N) is 2. The van der Waals surface area contributed by atoms with Crippen molar-refractivity contribution < 1.29 is 9.53 Å². The molecule has 2 aromatic rings. The Bertz CT molecular complexity index is 888. The molecule has 0 N–H and O–H groups in total. The second-order valence-corrected chi connectivity index (χ2v) is 8.56. The summed E-state index contributed by atoms with van der Waals surface area (Å²) < 4.78 is 5.48. The molecule has 2 aromatic carbocycles. The van der Waals surface area contributed by atoms with E-state index in [9.17, 15) is 4.79 Å². The first-order chi connectivity index (χ1) is 13.7. The lowest BCUT2D eigenvalue weighted by atomic mass is 9.75. The Hall–Kier alpha value is -2.33. The van der Waals surface area contributed by atoms with Crippen LogP contribution in [0.1, 0.15) is 40.2 Å². The first-order valence-corrected chi connectivity index (χ1v) is 10.4. The summed E-state index contributed by atoms with van der Waals surface area (Å²) in [5.74, 6) is 2.06. The van der Waals surface area contributed by atoms with Crippen LogP contribution in [0, 0.1) is 12.8 Å². The summed E-state index contributed by atoms with van der Waals surface area (Å²) in [6.07, 6.45) is 2.42. The number of fused-ring (bicyclic) bond motifs is 2. The van der Waals surface area contributed by atoms with Crippen molar-refractivity contribution in [2.45, 2.75) is 37.8 Å². The van der Waals surface area contributed by atoms with Crippen LogP contribution >= 0.6 is 0 Å². The molecule has 4 nitrogen and oxygen atoms in total. The number of carbonyl (C=O) groups excluding carboxylic acids is 1. The van der Waals surface area contributed by atoms with Gasteiger partial charge < -0.3 is 9.64 Å². The summed E-state index contributed by atoms with van der Waals surface area (Å²) in [6.45, 7) is 5.18. The van der Waals surface area contributed by atoms with Gasteiger partial charge >= 0.3 is 0 Å². The average molecular weight is 377 g/mol. The van der Waals surface area contributed by atoms with E-state index in [2.05, 4.69) is 41.0 Å². The van der Waals surface area contributed by atoms with Crippen LogP contribution in [0.2, 0.25) is 0 Å². The maximum absolute atomic E-state index is 13.5. The average Bonchev–Trinajstić information content (AvgIpc) is 3.17. The first kappa shape index (κ1) is 17.7. The zero-order valence-electron chi connectivity index (χ0n) is 16.7. The molecule has 4 aliphatic rings. The van der Waals surface area contributed by atoms with E-state index < -0.39 is 0 Å². The molecule has 146 valence electrons. The standard InChI is InChI=1S/C24H28N2O2/c1-16-5-3-7-19(13-16)24(27)26-15-21(18-6-4-8-20(14-18)28-2)23-22(26)17-9-11-25(23)12-10-17/h3-8,13-14,17,21-23H,9-12,15H2,1-2H3/t21-,22-,23-/m1/s1. The van der Waals surface area contributed by atoms with Crippen molar-refractivity contribution in [3.63, 3.8) is 0 Å². The molecule has 0 unspecified atom stereocenters. The maximum Gasteiger partial charge on any atom is 0.254 e. The predicted octanol–water partition coefficient (Wildman–Crippen LogP) is 3.71. The molecule has 4 heteroatoms. The number of likely N-dealkylation sites (tertiary alicyclic amines) is 1. The highest BCUT2D eigenvalue weighted by Crippen LogP contribution is 2.47. The van der Waals surface area contributed by atoms with Gasteiger partial charge in [-0.05, 0) is 68.6 Å². The van der Waals surface area contributed by atoms with Crippen molar-refractivity contribution >= 4 is 5.91 Å². The second kappa shape index (κ2) is 6.93. The van der Waals surface area contributed by atoms with Crippen molar-refractivity contribution in [3.05, 3.63) is 65.2 Å². The van der Waals surface area contributed by atoms with Gasteiger partial charge in [0.1, 0.15) is 5.75 Å². The Morgan fingerprint density at radius 3 is 2.57 bits per heavy atom. The van der Waals surface area contributed by atoms with Gasteiger partial charge in [0.25, 0.3) is 5.91 Å². The molecule has 0 aliphatic carbocycles. The number of hydrogen-bond acceptors (Lipinski definition) is 3. The molecule has 4 saturated heterocycles. The fraction of sp³-hybridized carbons (Fsp3) is 0.458. The van der Waals surface area contributed by atoms with Crippen LogP contribution in [0.25, 0.3) is 0 Å². The van der Waals surface area contributed by atoms with Gasteiger partial charge in [-0.1, -0.05) is 29.8 Å². The predicted molar refractivity (Wildman–Crippen MR) is 110 cm³/mol. The van der Waals surface area contributed by atoms with Gasteiger partial charge in [-0.25, -0.2) is 0 Å². The maximum atomic E-state index is 13.5. The lowest BCUT2D eigenvalue weighted by Gasteiger charge is -2.51. The molecule has 0 radical (unpaired) electrons. The van der Waals surface area contributed by atoms with E-state index in [0.717, 1.165) is 23.4 Å². The molecule has 2 bridgehead atoms. The number of aryl methyl sites for hydroxylation is 1. The Labute approximate surface area is 167 Å². The number of amides is 1. The second-order valence-electron chi connectivity index (χ2n) is 8.56. The molecule has 4 fully saturated rings. The number of benzene rings is 2. The van der Waals surface area contributed by atoms with E-state index in [4.69, 9.17) is 4.74 Å². The largest absolute Gasteiger partial charge is 0.497 e. The summed E-state index contributed by atoms with van der Waals surface area (Å²) in [5.41, 5.74) is 3.25. The topological polar surface area (TPSA) is 32.8 Å². The van der Waals surface area contributed by atoms with Crippen molar-refractivity contribution in [1.82, 2.24) is 9.80 Å². The molecule has 0 saturated carbocycles. The molecule has 0 spiro atoms. The number of rotatable bonds is 3. The monoisotopic (exact) mass is 376 g/mol. The highest BCUT2D eigenvalue weighted by atomic mass is 16.5. The molecule has 4 aliphatic heterocycles. The van der Waals surface area contributed by atoms with Gasteiger partial charge in [-0.15, -0.1) is 0 Å². The van der Waals surface area contributed by atoms with Gasteiger partial charge in [-0.2, -0.15) is 0 Å². The summed E-state index contributed by atoms with van der Waals surface area (Å²) in [7, 11) is 1.72. The fourth-order valence-corrected chi connectivity index (χ4v) is 5.76. The third kappa shape index (κ3) is 2.82. The van der Waals surface area contributed by atoms with Gasteiger partial charge in [0.05, 0.1) is 13.2 Å².